The van der Waals surface area contributed by atoms with Gasteiger partial charge in [-0.05, 0) is 23.6 Å². The number of halogens is 2. The van der Waals surface area contributed by atoms with Crippen LogP contribution in [0.25, 0.3) is 10.1 Å². The van der Waals surface area contributed by atoms with E-state index in [1.807, 2.05) is 0 Å². The first-order valence-electron chi connectivity index (χ1n) is 3.60. The number of thiophene rings is 1. The molecule has 2 rings (SSSR count). The van der Waals surface area contributed by atoms with E-state index in [-0.39, 0.29) is 4.90 Å². The molecule has 0 aliphatic rings. The van der Waals surface area contributed by atoms with E-state index in [9.17, 15) is 12.3 Å². The first kappa shape index (κ1) is 9.89. The molecular weight excluding hydrogens is 247 g/mol. The van der Waals surface area contributed by atoms with Gasteiger partial charge in [0, 0.05) is 4.70 Å². The van der Waals surface area contributed by atoms with Crippen LogP contribution in [0.2, 0.25) is 4.34 Å². The molecule has 1 aromatic heterocycles. The monoisotopic (exact) mass is 250 g/mol. The van der Waals surface area contributed by atoms with Gasteiger partial charge in [0.15, 0.2) is 0 Å². The lowest BCUT2D eigenvalue weighted by Crippen LogP contribution is -1.90. The summed E-state index contributed by atoms with van der Waals surface area (Å²) < 4.78 is 35.0. The van der Waals surface area contributed by atoms with Crippen LogP contribution in [0.3, 0.4) is 0 Å². The predicted octanol–water partition coefficient (Wildman–Crippen LogP) is 3.21. The topological polar surface area (TPSA) is 34.1 Å². The normalized spacial score (nSPS) is 12.1. The van der Waals surface area contributed by atoms with Crippen LogP contribution in [0, 0.1) is 0 Å². The number of hydrogen-bond donors (Lipinski definition) is 0. The predicted molar refractivity (Wildman–Crippen MR) is 55.1 cm³/mol. The summed E-state index contributed by atoms with van der Waals surface area (Å²) in [5.74, 6) is 0. The molecule has 0 radical (unpaired) electrons. The molecule has 14 heavy (non-hydrogen) atoms. The SMILES string of the molecule is O=S(=O)(F)c1ccc2cc(Cl)sc2c1. The molecule has 2 aromatic rings. The van der Waals surface area contributed by atoms with Gasteiger partial charge in [-0.15, -0.1) is 15.2 Å². The third-order valence-corrected chi connectivity index (χ3v) is 3.79. The fraction of sp³-hybridized carbons (Fsp3) is 0. The number of rotatable bonds is 1. The van der Waals surface area contributed by atoms with E-state index in [4.69, 9.17) is 11.6 Å². The lowest BCUT2D eigenvalue weighted by atomic mass is 10.3. The van der Waals surface area contributed by atoms with Crippen LogP contribution < -0.4 is 0 Å². The van der Waals surface area contributed by atoms with E-state index in [0.29, 0.717) is 9.04 Å². The minimum atomic E-state index is -4.62. The fourth-order valence-corrected chi connectivity index (χ4v) is 2.89. The number of fused-ring (bicyclic) bond motifs is 1. The van der Waals surface area contributed by atoms with Crippen molar-refractivity contribution in [1.82, 2.24) is 0 Å². The molecule has 1 aromatic carbocycles. The maximum absolute atomic E-state index is 12.6. The van der Waals surface area contributed by atoms with E-state index in [0.717, 1.165) is 5.39 Å². The first-order chi connectivity index (χ1) is 6.47. The van der Waals surface area contributed by atoms with Gasteiger partial charge in [-0.25, -0.2) is 0 Å². The van der Waals surface area contributed by atoms with Crippen LogP contribution in [-0.2, 0) is 10.2 Å². The summed E-state index contributed by atoms with van der Waals surface area (Å²) in [5, 5.41) is 0.812. The van der Waals surface area contributed by atoms with E-state index in [2.05, 4.69) is 0 Å². The molecule has 0 N–H and O–H groups in total. The highest BCUT2D eigenvalue weighted by molar-refractivity contribution is 7.86. The Balaban J connectivity index is 2.74. The second-order valence-corrected chi connectivity index (χ2v) is 5.75. The summed E-state index contributed by atoms with van der Waals surface area (Å²) in [5.41, 5.74) is 0. The van der Waals surface area contributed by atoms with Gasteiger partial charge >= 0.3 is 10.2 Å². The fourth-order valence-electron chi connectivity index (χ4n) is 1.13. The van der Waals surface area contributed by atoms with Gasteiger partial charge in [0.25, 0.3) is 0 Å². The molecule has 0 fully saturated rings. The van der Waals surface area contributed by atoms with Crippen LogP contribution in [0.15, 0.2) is 29.2 Å². The van der Waals surface area contributed by atoms with Crippen LogP contribution in [0.5, 0.6) is 0 Å². The molecule has 0 atom stereocenters. The van der Waals surface area contributed by atoms with Crippen molar-refractivity contribution in [3.8, 4) is 0 Å². The van der Waals surface area contributed by atoms with E-state index in [1.54, 1.807) is 6.07 Å². The molecule has 0 aliphatic heterocycles. The zero-order valence-electron chi connectivity index (χ0n) is 6.70. The van der Waals surface area contributed by atoms with E-state index < -0.39 is 10.2 Å². The van der Waals surface area contributed by atoms with Gasteiger partial charge < -0.3 is 0 Å². The molecule has 6 heteroatoms. The van der Waals surface area contributed by atoms with Crippen molar-refractivity contribution in [3.63, 3.8) is 0 Å². The van der Waals surface area contributed by atoms with Gasteiger partial charge in [-0.1, -0.05) is 17.7 Å². The molecular formula is C8H4ClFO2S2. The van der Waals surface area contributed by atoms with Crippen LogP contribution in [-0.4, -0.2) is 8.42 Å². The molecule has 1 heterocycles. The van der Waals surface area contributed by atoms with Crippen molar-refractivity contribution in [1.29, 1.82) is 0 Å². The second kappa shape index (κ2) is 3.18. The summed E-state index contributed by atoms with van der Waals surface area (Å²) in [4.78, 5) is -0.330. The molecule has 0 saturated heterocycles. The zero-order valence-corrected chi connectivity index (χ0v) is 9.09. The number of hydrogen-bond acceptors (Lipinski definition) is 3. The Bertz CT molecular complexity index is 588. The van der Waals surface area contributed by atoms with Gasteiger partial charge in [0.2, 0.25) is 0 Å². The highest BCUT2D eigenvalue weighted by atomic mass is 35.5. The first-order valence-corrected chi connectivity index (χ1v) is 6.18. The minimum Gasteiger partial charge on any atom is -0.189 e. The van der Waals surface area contributed by atoms with Gasteiger partial charge in [-0.2, -0.15) is 8.42 Å². The van der Waals surface area contributed by atoms with Crippen molar-refractivity contribution >= 4 is 43.2 Å². The third kappa shape index (κ3) is 1.75. The molecule has 0 spiro atoms. The largest absolute Gasteiger partial charge is 0.332 e. The van der Waals surface area contributed by atoms with Crippen molar-refractivity contribution < 1.29 is 12.3 Å². The summed E-state index contributed by atoms with van der Waals surface area (Å²) in [6.45, 7) is 0. The molecule has 0 unspecified atom stereocenters. The van der Waals surface area contributed by atoms with E-state index in [1.165, 1.54) is 29.5 Å². The highest BCUT2D eigenvalue weighted by Crippen LogP contribution is 2.31. The second-order valence-electron chi connectivity index (χ2n) is 2.69. The third-order valence-electron chi connectivity index (χ3n) is 1.74. The number of benzene rings is 1. The molecule has 0 saturated carbocycles. The van der Waals surface area contributed by atoms with Gasteiger partial charge in [0.1, 0.15) is 0 Å². The summed E-state index contributed by atoms with van der Waals surface area (Å²) in [7, 11) is -4.62. The van der Waals surface area contributed by atoms with Gasteiger partial charge in [0.05, 0.1) is 9.23 Å². The molecule has 2 nitrogen and oxygen atoms in total. The summed E-state index contributed by atoms with van der Waals surface area (Å²) >= 11 is 6.94. The summed E-state index contributed by atoms with van der Waals surface area (Å²) in [6, 6.07) is 5.74. The Morgan fingerprint density at radius 1 is 1.29 bits per heavy atom. The summed E-state index contributed by atoms with van der Waals surface area (Å²) in [6.07, 6.45) is 0. The zero-order chi connectivity index (χ0) is 10.3. The quantitative estimate of drug-likeness (QED) is 0.729. The molecule has 0 amide bonds. The van der Waals surface area contributed by atoms with Crippen LogP contribution in [0.1, 0.15) is 0 Å². The average Bonchev–Trinajstić information content (AvgIpc) is 2.41. The maximum atomic E-state index is 12.6. The molecule has 74 valence electrons. The smallest absolute Gasteiger partial charge is 0.189 e. The van der Waals surface area contributed by atoms with Crippen molar-refractivity contribution in [2.75, 3.05) is 0 Å². The van der Waals surface area contributed by atoms with Gasteiger partial charge in [-0.3, -0.25) is 0 Å². The standard InChI is InChI=1S/C8H4ClFO2S2/c9-8-3-5-1-2-6(14(10,11)12)4-7(5)13-8/h1-4H. The Labute approximate surface area is 89.1 Å². The van der Waals surface area contributed by atoms with Crippen LogP contribution >= 0.6 is 22.9 Å². The Hall–Kier alpha value is -0.650. The molecule has 0 bridgehead atoms. The minimum absolute atomic E-state index is 0.330. The van der Waals surface area contributed by atoms with Crippen molar-refractivity contribution in [2.24, 2.45) is 0 Å². The Kier molecular flexibility index (Phi) is 2.25. The lowest BCUT2D eigenvalue weighted by molar-refractivity contribution is 0.552. The maximum Gasteiger partial charge on any atom is 0.332 e. The Morgan fingerprint density at radius 3 is 2.64 bits per heavy atom. The van der Waals surface area contributed by atoms with Crippen molar-refractivity contribution in [3.05, 3.63) is 28.6 Å². The average molecular weight is 251 g/mol. The van der Waals surface area contributed by atoms with Crippen LogP contribution in [0.4, 0.5) is 3.89 Å². The highest BCUT2D eigenvalue weighted by Gasteiger charge is 2.12. The van der Waals surface area contributed by atoms with E-state index >= 15 is 0 Å². The van der Waals surface area contributed by atoms with Crippen molar-refractivity contribution in [2.45, 2.75) is 4.90 Å². The Morgan fingerprint density at radius 2 is 2.00 bits per heavy atom. The lowest BCUT2D eigenvalue weighted by Gasteiger charge is -1.93. The molecule has 0 aliphatic carbocycles.